The van der Waals surface area contributed by atoms with Gasteiger partial charge in [-0.3, -0.25) is 14.5 Å². The van der Waals surface area contributed by atoms with E-state index in [9.17, 15) is 9.59 Å². The standard InChI is InChI=1S/C23H26N2O2/c1-4-5-6-9-18-12-14-19(15-13-18)24-22(26)17(3)25-16(2)20-10-7-8-11-21(20)23(25)27/h7-8,10-15,17H,2,4-6,9H2,1,3H3,(H,24,26). The van der Waals surface area contributed by atoms with Crippen molar-refractivity contribution in [1.29, 1.82) is 0 Å². The van der Waals surface area contributed by atoms with E-state index in [4.69, 9.17) is 0 Å². The second-order valence-corrected chi connectivity index (χ2v) is 6.99. The van der Waals surface area contributed by atoms with Crippen molar-refractivity contribution in [1.82, 2.24) is 4.90 Å². The number of nitrogens with zero attached hydrogens (tertiary/aromatic N) is 1. The Morgan fingerprint density at radius 3 is 2.37 bits per heavy atom. The summed E-state index contributed by atoms with van der Waals surface area (Å²) < 4.78 is 0. The predicted molar refractivity (Wildman–Crippen MR) is 109 cm³/mol. The number of carbonyl (C=O) groups is 2. The van der Waals surface area contributed by atoms with E-state index in [-0.39, 0.29) is 11.8 Å². The fourth-order valence-electron chi connectivity index (χ4n) is 3.41. The van der Waals surface area contributed by atoms with Crippen molar-refractivity contribution in [3.05, 3.63) is 71.8 Å². The third kappa shape index (κ3) is 3.95. The van der Waals surface area contributed by atoms with Gasteiger partial charge in [0, 0.05) is 22.5 Å². The topological polar surface area (TPSA) is 49.4 Å². The second kappa shape index (κ2) is 8.21. The summed E-state index contributed by atoms with van der Waals surface area (Å²) >= 11 is 0. The maximum absolute atomic E-state index is 12.7. The maximum atomic E-state index is 12.7. The van der Waals surface area contributed by atoms with Crippen molar-refractivity contribution >= 4 is 23.2 Å². The molecule has 4 heteroatoms. The van der Waals surface area contributed by atoms with Crippen molar-refractivity contribution in [2.75, 3.05) is 5.32 Å². The van der Waals surface area contributed by atoms with Crippen LogP contribution in [0.5, 0.6) is 0 Å². The lowest BCUT2D eigenvalue weighted by Gasteiger charge is -2.24. The van der Waals surface area contributed by atoms with Crippen LogP contribution in [0.3, 0.4) is 0 Å². The van der Waals surface area contributed by atoms with Crippen molar-refractivity contribution in [2.45, 2.75) is 45.6 Å². The van der Waals surface area contributed by atoms with Gasteiger partial charge < -0.3 is 5.32 Å². The monoisotopic (exact) mass is 362 g/mol. The zero-order valence-electron chi connectivity index (χ0n) is 16.0. The average molecular weight is 362 g/mol. The normalized spacial score (nSPS) is 14.2. The molecule has 0 aromatic heterocycles. The molecule has 27 heavy (non-hydrogen) atoms. The van der Waals surface area contributed by atoms with Gasteiger partial charge in [-0.25, -0.2) is 0 Å². The molecule has 1 heterocycles. The summed E-state index contributed by atoms with van der Waals surface area (Å²) in [5, 5.41) is 2.91. The largest absolute Gasteiger partial charge is 0.324 e. The van der Waals surface area contributed by atoms with E-state index >= 15 is 0 Å². The quantitative estimate of drug-likeness (QED) is 0.714. The van der Waals surface area contributed by atoms with Crippen molar-refractivity contribution in [3.63, 3.8) is 0 Å². The molecule has 0 spiro atoms. The number of unbranched alkanes of at least 4 members (excludes halogenated alkanes) is 2. The van der Waals surface area contributed by atoms with Crippen LogP contribution in [0.4, 0.5) is 5.69 Å². The molecule has 1 N–H and O–H groups in total. The zero-order chi connectivity index (χ0) is 19.4. The number of amides is 2. The maximum Gasteiger partial charge on any atom is 0.259 e. The Balaban J connectivity index is 1.65. The first kappa shape index (κ1) is 18.9. The van der Waals surface area contributed by atoms with Crippen molar-refractivity contribution in [3.8, 4) is 0 Å². The summed E-state index contributed by atoms with van der Waals surface area (Å²) in [4.78, 5) is 26.8. The molecule has 0 bridgehead atoms. The third-order valence-electron chi connectivity index (χ3n) is 5.04. The SMILES string of the molecule is C=C1c2ccccc2C(=O)N1C(C)C(=O)Nc1ccc(CCCCC)cc1. The Morgan fingerprint density at radius 2 is 1.74 bits per heavy atom. The van der Waals surface area contributed by atoms with Gasteiger partial charge in [-0.2, -0.15) is 0 Å². The van der Waals surface area contributed by atoms with E-state index in [1.165, 1.54) is 29.7 Å². The van der Waals surface area contributed by atoms with E-state index in [0.29, 0.717) is 11.3 Å². The third-order valence-corrected chi connectivity index (χ3v) is 5.04. The predicted octanol–water partition coefficient (Wildman–Crippen LogP) is 4.87. The first-order valence-corrected chi connectivity index (χ1v) is 9.54. The van der Waals surface area contributed by atoms with Crippen LogP contribution in [-0.4, -0.2) is 22.8 Å². The Kier molecular flexibility index (Phi) is 5.75. The minimum Gasteiger partial charge on any atom is -0.324 e. The van der Waals surface area contributed by atoms with E-state index in [2.05, 4.69) is 18.8 Å². The van der Waals surface area contributed by atoms with Gasteiger partial charge in [-0.1, -0.05) is 56.7 Å². The molecular weight excluding hydrogens is 336 g/mol. The lowest BCUT2D eigenvalue weighted by atomic mass is 10.1. The second-order valence-electron chi connectivity index (χ2n) is 6.99. The van der Waals surface area contributed by atoms with E-state index in [0.717, 1.165) is 17.7 Å². The average Bonchev–Trinajstić information content (AvgIpc) is 2.94. The van der Waals surface area contributed by atoms with Crippen LogP contribution in [-0.2, 0) is 11.2 Å². The highest BCUT2D eigenvalue weighted by Crippen LogP contribution is 2.33. The Hall–Kier alpha value is -2.88. The van der Waals surface area contributed by atoms with Gasteiger partial charge >= 0.3 is 0 Å². The molecule has 4 nitrogen and oxygen atoms in total. The number of anilines is 1. The summed E-state index contributed by atoms with van der Waals surface area (Å²) in [6, 6.07) is 14.6. The highest BCUT2D eigenvalue weighted by molar-refractivity contribution is 6.11. The van der Waals surface area contributed by atoms with Crippen LogP contribution in [0.25, 0.3) is 5.70 Å². The molecule has 1 atom stereocenters. The van der Waals surface area contributed by atoms with Crippen LogP contribution in [0.1, 0.15) is 54.6 Å². The molecule has 1 unspecified atom stereocenters. The first-order valence-electron chi connectivity index (χ1n) is 9.54. The Bertz CT molecular complexity index is 820. The van der Waals surface area contributed by atoms with Gasteiger partial charge in [0.05, 0.1) is 0 Å². The lowest BCUT2D eigenvalue weighted by Crippen LogP contribution is -2.41. The van der Waals surface area contributed by atoms with Crippen molar-refractivity contribution < 1.29 is 9.59 Å². The number of carbonyl (C=O) groups excluding carboxylic acids is 2. The van der Waals surface area contributed by atoms with E-state index < -0.39 is 6.04 Å². The molecule has 0 radical (unpaired) electrons. The Labute approximate surface area is 160 Å². The van der Waals surface area contributed by atoms with Crippen LogP contribution in [0, 0.1) is 0 Å². The molecule has 0 saturated carbocycles. The summed E-state index contributed by atoms with van der Waals surface area (Å²) in [6.45, 7) is 7.93. The molecule has 0 saturated heterocycles. The Morgan fingerprint density at radius 1 is 1.07 bits per heavy atom. The van der Waals surface area contributed by atoms with Gasteiger partial charge in [0.15, 0.2) is 0 Å². The number of hydrogen-bond donors (Lipinski definition) is 1. The van der Waals surface area contributed by atoms with Gasteiger partial charge in [-0.05, 0) is 43.5 Å². The molecule has 2 amide bonds. The summed E-state index contributed by atoms with van der Waals surface area (Å²) in [7, 11) is 0. The summed E-state index contributed by atoms with van der Waals surface area (Å²) in [5.41, 5.74) is 3.97. The molecule has 140 valence electrons. The van der Waals surface area contributed by atoms with Gasteiger partial charge in [0.2, 0.25) is 5.91 Å². The van der Waals surface area contributed by atoms with E-state index in [1.54, 1.807) is 13.0 Å². The number of aryl methyl sites for hydroxylation is 1. The zero-order valence-corrected chi connectivity index (χ0v) is 16.0. The number of nitrogens with one attached hydrogen (secondary N) is 1. The first-order chi connectivity index (χ1) is 13.0. The summed E-state index contributed by atoms with van der Waals surface area (Å²) in [6.07, 6.45) is 4.67. The lowest BCUT2D eigenvalue weighted by molar-refractivity contribution is -0.119. The van der Waals surface area contributed by atoms with Crippen molar-refractivity contribution in [2.24, 2.45) is 0 Å². The fraction of sp³-hybridized carbons (Fsp3) is 0.304. The van der Waals surface area contributed by atoms with Gasteiger partial charge in [-0.15, -0.1) is 0 Å². The highest BCUT2D eigenvalue weighted by atomic mass is 16.2. The molecule has 2 aromatic rings. The van der Waals surface area contributed by atoms with E-state index in [1.807, 2.05) is 42.5 Å². The minimum atomic E-state index is -0.637. The van der Waals surface area contributed by atoms with Crippen LogP contribution >= 0.6 is 0 Å². The minimum absolute atomic E-state index is 0.176. The highest BCUT2D eigenvalue weighted by Gasteiger charge is 2.36. The van der Waals surface area contributed by atoms with Crippen LogP contribution < -0.4 is 5.32 Å². The molecule has 0 aliphatic carbocycles. The van der Waals surface area contributed by atoms with Gasteiger partial charge in [0.25, 0.3) is 5.91 Å². The fourth-order valence-corrected chi connectivity index (χ4v) is 3.41. The molecular formula is C23H26N2O2. The molecule has 0 fully saturated rings. The molecule has 2 aromatic carbocycles. The van der Waals surface area contributed by atoms with Crippen LogP contribution in [0.2, 0.25) is 0 Å². The molecule has 3 rings (SSSR count). The van der Waals surface area contributed by atoms with Gasteiger partial charge in [0.1, 0.15) is 6.04 Å². The smallest absolute Gasteiger partial charge is 0.259 e. The molecule has 1 aliphatic heterocycles. The van der Waals surface area contributed by atoms with Crippen LogP contribution in [0.15, 0.2) is 55.1 Å². The number of benzene rings is 2. The number of rotatable bonds is 7. The molecule has 1 aliphatic rings. The number of hydrogen-bond acceptors (Lipinski definition) is 2. The summed E-state index contributed by atoms with van der Waals surface area (Å²) in [5.74, 6) is -0.402. The number of fused-ring (bicyclic) bond motifs is 1.